The molecule has 2 N–H and O–H groups in total. The number of hydrogen-bond acceptors (Lipinski definition) is 7. The molecule has 2 aliphatic rings. The van der Waals surface area contributed by atoms with Crippen molar-refractivity contribution in [2.24, 2.45) is 0 Å². The van der Waals surface area contributed by atoms with Crippen molar-refractivity contribution in [3.05, 3.63) is 47.9 Å². The Kier molecular flexibility index (Phi) is 5.77. The maximum atomic E-state index is 12.0. The van der Waals surface area contributed by atoms with Crippen molar-refractivity contribution < 1.29 is 14.6 Å². The number of halogens is 1. The van der Waals surface area contributed by atoms with Crippen LogP contribution in [-0.2, 0) is 9.53 Å². The zero-order valence-corrected chi connectivity index (χ0v) is 18.1. The van der Waals surface area contributed by atoms with Crippen molar-refractivity contribution in [2.75, 3.05) is 30.0 Å². The highest BCUT2D eigenvalue weighted by atomic mass is 35.5. The summed E-state index contributed by atoms with van der Waals surface area (Å²) < 4.78 is 7.06. The Labute approximate surface area is 190 Å². The normalized spacial score (nSPS) is 21.2. The third-order valence-electron chi connectivity index (χ3n) is 5.79. The van der Waals surface area contributed by atoms with Crippen molar-refractivity contribution in [2.45, 2.75) is 31.4 Å². The molecular formula is C22H23ClN6O3. The van der Waals surface area contributed by atoms with E-state index in [9.17, 15) is 9.90 Å². The molecule has 166 valence electrons. The molecule has 1 saturated heterocycles. The van der Waals surface area contributed by atoms with Crippen LogP contribution in [0, 0.1) is 0 Å². The molecule has 2 unspecified atom stereocenters. The Bertz CT molecular complexity index is 1120. The number of ether oxygens (including phenoxy) is 1. The molecule has 1 aliphatic heterocycles. The van der Waals surface area contributed by atoms with Crippen molar-refractivity contribution in [1.29, 1.82) is 0 Å². The molecule has 9 nitrogen and oxygen atoms in total. The Morgan fingerprint density at radius 2 is 2.03 bits per heavy atom. The smallest absolute Gasteiger partial charge is 0.253 e. The van der Waals surface area contributed by atoms with E-state index < -0.39 is 0 Å². The van der Waals surface area contributed by atoms with E-state index in [0.717, 1.165) is 29.8 Å². The monoisotopic (exact) mass is 454 g/mol. The van der Waals surface area contributed by atoms with Crippen molar-refractivity contribution in [3.63, 3.8) is 0 Å². The Hall–Kier alpha value is -3.01. The van der Waals surface area contributed by atoms with Gasteiger partial charge in [0.1, 0.15) is 6.61 Å². The fourth-order valence-electron chi connectivity index (χ4n) is 4.11. The van der Waals surface area contributed by atoms with Crippen LogP contribution in [0.2, 0.25) is 5.02 Å². The van der Waals surface area contributed by atoms with E-state index in [1.165, 1.54) is 0 Å². The van der Waals surface area contributed by atoms with Crippen LogP contribution < -0.4 is 10.2 Å². The molecule has 3 heterocycles. The molecule has 2 aromatic heterocycles. The second kappa shape index (κ2) is 8.85. The predicted molar refractivity (Wildman–Crippen MR) is 120 cm³/mol. The maximum Gasteiger partial charge on any atom is 0.253 e. The number of aliphatic hydroxyl groups is 1. The van der Waals surface area contributed by atoms with E-state index in [4.69, 9.17) is 16.3 Å². The summed E-state index contributed by atoms with van der Waals surface area (Å²) in [4.78, 5) is 22.6. The first-order valence-corrected chi connectivity index (χ1v) is 10.9. The van der Waals surface area contributed by atoms with E-state index in [2.05, 4.69) is 20.4 Å². The first kappa shape index (κ1) is 20.9. The highest BCUT2D eigenvalue weighted by molar-refractivity contribution is 6.32. The summed E-state index contributed by atoms with van der Waals surface area (Å²) in [5.74, 6) is 0.360. The van der Waals surface area contributed by atoms with E-state index in [1.807, 2.05) is 35.1 Å². The van der Waals surface area contributed by atoms with Crippen LogP contribution in [0.15, 0.2) is 42.9 Å². The molecule has 0 bridgehead atoms. The number of morpholine rings is 1. The summed E-state index contributed by atoms with van der Waals surface area (Å²) in [5.41, 5.74) is 3.00. The molecule has 32 heavy (non-hydrogen) atoms. The maximum absolute atomic E-state index is 12.0. The number of nitrogens with zero attached hydrogens (tertiary/aromatic N) is 5. The van der Waals surface area contributed by atoms with Gasteiger partial charge in [0.2, 0.25) is 5.95 Å². The molecular weight excluding hydrogens is 432 g/mol. The molecule has 0 spiro atoms. The van der Waals surface area contributed by atoms with E-state index >= 15 is 0 Å². The molecule has 1 saturated carbocycles. The van der Waals surface area contributed by atoms with Crippen molar-refractivity contribution >= 4 is 34.8 Å². The van der Waals surface area contributed by atoms with Gasteiger partial charge in [-0.3, -0.25) is 9.48 Å². The zero-order chi connectivity index (χ0) is 22.1. The number of nitrogens with one attached hydrogen (secondary N) is 1. The Morgan fingerprint density at radius 3 is 2.78 bits per heavy atom. The van der Waals surface area contributed by atoms with E-state index in [1.54, 1.807) is 17.3 Å². The largest absolute Gasteiger partial charge is 0.393 e. The predicted octanol–water partition coefficient (Wildman–Crippen LogP) is 3.19. The molecule has 5 rings (SSSR count). The Balaban J connectivity index is 1.32. The standard InChI is InChI=1S/C22H23ClN6O3/c23-19-11-24-22(26-15-1-3-16(4-2-15)28-7-8-32-13-20(28)31)27-21(19)14-10-25-29(12-14)17-5-6-18(30)9-17/h1-4,10-12,17-18,30H,5-9,13H2,(H,24,26,27). The molecule has 0 radical (unpaired) electrons. The number of carbonyl (C=O) groups is 1. The van der Waals surface area contributed by atoms with Crippen LogP contribution in [-0.4, -0.2) is 56.6 Å². The third kappa shape index (κ3) is 4.32. The molecule has 1 aromatic carbocycles. The molecule has 10 heteroatoms. The van der Waals surface area contributed by atoms with Crippen molar-refractivity contribution in [3.8, 4) is 11.3 Å². The van der Waals surface area contributed by atoms with Crippen LogP contribution >= 0.6 is 11.6 Å². The van der Waals surface area contributed by atoms with E-state index in [-0.39, 0.29) is 24.7 Å². The second-order valence-corrected chi connectivity index (χ2v) is 8.40. The fourth-order valence-corrected chi connectivity index (χ4v) is 4.31. The average molecular weight is 455 g/mol. The number of aliphatic hydroxyl groups excluding tert-OH is 1. The minimum absolute atomic E-state index is 0.0460. The molecule has 1 aliphatic carbocycles. The van der Waals surface area contributed by atoms with Crippen LogP contribution in [0.5, 0.6) is 0 Å². The summed E-state index contributed by atoms with van der Waals surface area (Å²) in [7, 11) is 0. The second-order valence-electron chi connectivity index (χ2n) is 7.99. The summed E-state index contributed by atoms with van der Waals surface area (Å²) in [6.45, 7) is 1.19. The lowest BCUT2D eigenvalue weighted by Crippen LogP contribution is -2.41. The van der Waals surface area contributed by atoms with Crippen LogP contribution in [0.25, 0.3) is 11.3 Å². The zero-order valence-electron chi connectivity index (χ0n) is 17.3. The Morgan fingerprint density at radius 1 is 1.19 bits per heavy atom. The lowest BCUT2D eigenvalue weighted by molar-refractivity contribution is -0.125. The van der Waals surface area contributed by atoms with Crippen LogP contribution in [0.3, 0.4) is 0 Å². The van der Waals surface area contributed by atoms with Gasteiger partial charge < -0.3 is 20.1 Å². The summed E-state index contributed by atoms with van der Waals surface area (Å²) in [5, 5.41) is 17.9. The number of aromatic nitrogens is 4. The summed E-state index contributed by atoms with van der Waals surface area (Å²) in [6.07, 6.45) is 7.34. The van der Waals surface area contributed by atoms with Gasteiger partial charge in [0, 0.05) is 29.7 Å². The molecule has 1 amide bonds. The number of amides is 1. The molecule has 2 atom stereocenters. The van der Waals surface area contributed by atoms with Crippen LogP contribution in [0.4, 0.5) is 17.3 Å². The van der Waals surface area contributed by atoms with E-state index in [0.29, 0.717) is 36.2 Å². The van der Waals surface area contributed by atoms with Gasteiger partial charge in [-0.25, -0.2) is 9.97 Å². The van der Waals surface area contributed by atoms with Gasteiger partial charge in [0.15, 0.2) is 0 Å². The molecule has 3 aromatic rings. The number of anilines is 3. The minimum atomic E-state index is -0.265. The van der Waals surface area contributed by atoms with Gasteiger partial charge in [-0.05, 0) is 43.5 Å². The van der Waals surface area contributed by atoms with Gasteiger partial charge in [0.25, 0.3) is 5.91 Å². The number of carbonyl (C=O) groups excluding carboxylic acids is 1. The lowest BCUT2D eigenvalue weighted by Gasteiger charge is -2.26. The first-order chi connectivity index (χ1) is 15.6. The number of rotatable bonds is 5. The highest BCUT2D eigenvalue weighted by Gasteiger charge is 2.25. The summed E-state index contributed by atoms with van der Waals surface area (Å²) >= 11 is 6.37. The van der Waals surface area contributed by atoms with Gasteiger partial charge >= 0.3 is 0 Å². The number of hydrogen-bond donors (Lipinski definition) is 2. The van der Waals surface area contributed by atoms with Crippen LogP contribution in [0.1, 0.15) is 25.3 Å². The van der Waals surface area contributed by atoms with Gasteiger partial charge in [-0.1, -0.05) is 11.6 Å². The van der Waals surface area contributed by atoms with Gasteiger partial charge in [-0.15, -0.1) is 0 Å². The summed E-state index contributed by atoms with van der Waals surface area (Å²) in [6, 6.07) is 7.69. The quantitative estimate of drug-likeness (QED) is 0.609. The lowest BCUT2D eigenvalue weighted by atomic mass is 10.2. The van der Waals surface area contributed by atoms with Crippen molar-refractivity contribution in [1.82, 2.24) is 19.7 Å². The third-order valence-corrected chi connectivity index (χ3v) is 6.07. The first-order valence-electron chi connectivity index (χ1n) is 10.6. The molecule has 2 fully saturated rings. The fraction of sp³-hybridized carbons (Fsp3) is 0.364. The topological polar surface area (TPSA) is 105 Å². The van der Waals surface area contributed by atoms with Gasteiger partial charge in [0.05, 0.1) is 41.9 Å². The SMILES string of the molecule is O=C1COCCN1c1ccc(Nc2ncc(Cl)c(-c3cnn(C4CCC(O)C4)c3)n2)cc1. The average Bonchev–Trinajstić information content (AvgIpc) is 3.45. The highest BCUT2D eigenvalue weighted by Crippen LogP contribution is 2.32. The number of benzene rings is 1. The minimum Gasteiger partial charge on any atom is -0.393 e. The van der Waals surface area contributed by atoms with Gasteiger partial charge in [-0.2, -0.15) is 5.10 Å².